The highest BCUT2D eigenvalue weighted by Gasteiger charge is 2.32. The van der Waals surface area contributed by atoms with Gasteiger partial charge >= 0.3 is 0 Å². The van der Waals surface area contributed by atoms with Crippen LogP contribution in [0.15, 0.2) is 18.2 Å². The number of ether oxygens (including phenoxy) is 3. The van der Waals surface area contributed by atoms with Crippen LogP contribution in [0, 0.1) is 5.92 Å². The third-order valence-electron chi connectivity index (χ3n) is 4.24. The molecule has 1 aliphatic heterocycles. The van der Waals surface area contributed by atoms with E-state index in [4.69, 9.17) is 14.2 Å². The van der Waals surface area contributed by atoms with Gasteiger partial charge in [0.25, 0.3) is 0 Å². The van der Waals surface area contributed by atoms with Gasteiger partial charge in [-0.1, -0.05) is 13.0 Å². The number of rotatable bonds is 7. The van der Waals surface area contributed by atoms with Crippen molar-refractivity contribution in [1.82, 2.24) is 5.32 Å². The standard InChI is InChI=1S/C17H27NO3/c1-5-9-18-17(14-8-10-21-12(14)2)13-6-7-15(19-3)16(11-13)20-4/h6-7,11-12,14,17-18H,5,8-10H2,1-4H3. The highest BCUT2D eigenvalue weighted by molar-refractivity contribution is 5.44. The molecule has 4 heteroatoms. The van der Waals surface area contributed by atoms with Crippen molar-refractivity contribution in [3.8, 4) is 11.5 Å². The number of benzene rings is 1. The number of hydrogen-bond donors (Lipinski definition) is 1. The summed E-state index contributed by atoms with van der Waals surface area (Å²) in [6.07, 6.45) is 2.50. The van der Waals surface area contributed by atoms with Crippen molar-refractivity contribution >= 4 is 0 Å². The van der Waals surface area contributed by atoms with Crippen LogP contribution >= 0.6 is 0 Å². The second-order valence-corrected chi connectivity index (χ2v) is 5.57. The van der Waals surface area contributed by atoms with Gasteiger partial charge in [0.2, 0.25) is 0 Å². The smallest absolute Gasteiger partial charge is 0.161 e. The van der Waals surface area contributed by atoms with Crippen LogP contribution in [-0.4, -0.2) is 33.5 Å². The average molecular weight is 293 g/mol. The van der Waals surface area contributed by atoms with E-state index in [0.717, 1.165) is 37.5 Å². The highest BCUT2D eigenvalue weighted by atomic mass is 16.5. The Morgan fingerprint density at radius 3 is 2.62 bits per heavy atom. The molecule has 1 saturated heterocycles. The summed E-state index contributed by atoms with van der Waals surface area (Å²) in [5.41, 5.74) is 1.24. The van der Waals surface area contributed by atoms with Gasteiger partial charge in [0.15, 0.2) is 11.5 Å². The van der Waals surface area contributed by atoms with Gasteiger partial charge in [0.05, 0.1) is 20.3 Å². The van der Waals surface area contributed by atoms with Gasteiger partial charge < -0.3 is 19.5 Å². The Balaban J connectivity index is 2.27. The molecule has 1 fully saturated rings. The normalized spacial score (nSPS) is 23.0. The van der Waals surface area contributed by atoms with Crippen LogP contribution in [0.1, 0.15) is 38.3 Å². The molecular weight excluding hydrogens is 266 g/mol. The maximum absolute atomic E-state index is 5.75. The zero-order valence-corrected chi connectivity index (χ0v) is 13.5. The Kier molecular flexibility index (Phi) is 5.88. The van der Waals surface area contributed by atoms with Crippen LogP contribution in [0.25, 0.3) is 0 Å². The molecule has 1 aromatic rings. The first-order chi connectivity index (χ1) is 10.2. The minimum Gasteiger partial charge on any atom is -0.493 e. The van der Waals surface area contributed by atoms with Crippen LogP contribution in [0.2, 0.25) is 0 Å². The third kappa shape index (κ3) is 3.69. The van der Waals surface area contributed by atoms with E-state index in [1.807, 2.05) is 6.07 Å². The predicted molar refractivity (Wildman–Crippen MR) is 84.1 cm³/mol. The van der Waals surface area contributed by atoms with Gasteiger partial charge in [-0.3, -0.25) is 0 Å². The number of methoxy groups -OCH3 is 2. The fourth-order valence-corrected chi connectivity index (χ4v) is 3.05. The van der Waals surface area contributed by atoms with Crippen LogP contribution < -0.4 is 14.8 Å². The summed E-state index contributed by atoms with van der Waals surface area (Å²) in [5.74, 6) is 2.05. The van der Waals surface area contributed by atoms with Gasteiger partial charge in [0, 0.05) is 18.6 Å². The Labute approximate surface area is 127 Å². The number of hydrogen-bond acceptors (Lipinski definition) is 4. The molecule has 1 heterocycles. The van der Waals surface area contributed by atoms with Crippen molar-refractivity contribution in [2.45, 2.75) is 38.8 Å². The van der Waals surface area contributed by atoms with Gasteiger partial charge in [0.1, 0.15) is 0 Å². The molecule has 0 aliphatic carbocycles. The summed E-state index contributed by atoms with van der Waals surface area (Å²) < 4.78 is 16.5. The van der Waals surface area contributed by atoms with E-state index in [1.165, 1.54) is 5.56 Å². The van der Waals surface area contributed by atoms with Crippen molar-refractivity contribution in [3.05, 3.63) is 23.8 Å². The molecular formula is C17H27NO3. The Bertz CT molecular complexity index is 450. The van der Waals surface area contributed by atoms with Crippen LogP contribution in [0.4, 0.5) is 0 Å². The van der Waals surface area contributed by atoms with E-state index in [2.05, 4.69) is 31.3 Å². The molecule has 3 unspecified atom stereocenters. The molecule has 1 aromatic carbocycles. The first kappa shape index (κ1) is 16.1. The molecule has 2 rings (SSSR count). The Morgan fingerprint density at radius 1 is 1.29 bits per heavy atom. The van der Waals surface area contributed by atoms with Crippen LogP contribution in [0.3, 0.4) is 0 Å². The molecule has 3 atom stereocenters. The van der Waals surface area contributed by atoms with Gasteiger partial charge in [-0.25, -0.2) is 0 Å². The predicted octanol–water partition coefficient (Wildman–Crippen LogP) is 3.17. The van der Waals surface area contributed by atoms with Gasteiger partial charge in [-0.05, 0) is 44.0 Å². The first-order valence-corrected chi connectivity index (χ1v) is 7.78. The highest BCUT2D eigenvalue weighted by Crippen LogP contribution is 2.37. The van der Waals surface area contributed by atoms with Gasteiger partial charge in [-0.15, -0.1) is 0 Å². The summed E-state index contributed by atoms with van der Waals surface area (Å²) in [6, 6.07) is 6.48. The molecule has 1 aliphatic rings. The zero-order valence-electron chi connectivity index (χ0n) is 13.5. The molecule has 4 nitrogen and oxygen atoms in total. The minimum absolute atomic E-state index is 0.285. The van der Waals surface area contributed by atoms with Gasteiger partial charge in [-0.2, -0.15) is 0 Å². The second kappa shape index (κ2) is 7.66. The summed E-state index contributed by atoms with van der Waals surface area (Å²) in [7, 11) is 3.34. The summed E-state index contributed by atoms with van der Waals surface area (Å²) in [5, 5.41) is 3.67. The average Bonchev–Trinajstić information content (AvgIpc) is 2.93. The Morgan fingerprint density at radius 2 is 2.05 bits per heavy atom. The lowest BCUT2D eigenvalue weighted by Gasteiger charge is -2.28. The quantitative estimate of drug-likeness (QED) is 0.838. The van der Waals surface area contributed by atoms with E-state index < -0.39 is 0 Å². The lowest BCUT2D eigenvalue weighted by Crippen LogP contribution is -2.32. The molecule has 118 valence electrons. The van der Waals surface area contributed by atoms with Crippen molar-refractivity contribution < 1.29 is 14.2 Å². The SMILES string of the molecule is CCCNC(c1ccc(OC)c(OC)c1)C1CCOC1C. The van der Waals surface area contributed by atoms with E-state index >= 15 is 0 Å². The fraction of sp³-hybridized carbons (Fsp3) is 0.647. The largest absolute Gasteiger partial charge is 0.493 e. The lowest BCUT2D eigenvalue weighted by molar-refractivity contribution is 0.0953. The molecule has 0 amide bonds. The monoisotopic (exact) mass is 293 g/mol. The molecule has 0 saturated carbocycles. The lowest BCUT2D eigenvalue weighted by atomic mass is 9.88. The zero-order chi connectivity index (χ0) is 15.2. The minimum atomic E-state index is 0.285. The van der Waals surface area contributed by atoms with E-state index in [-0.39, 0.29) is 6.10 Å². The third-order valence-corrected chi connectivity index (χ3v) is 4.24. The van der Waals surface area contributed by atoms with Crippen LogP contribution in [0.5, 0.6) is 11.5 Å². The maximum atomic E-state index is 5.75. The summed E-state index contributed by atoms with van der Waals surface area (Å²) in [6.45, 7) is 6.21. The molecule has 0 radical (unpaired) electrons. The summed E-state index contributed by atoms with van der Waals surface area (Å²) >= 11 is 0. The molecule has 0 spiro atoms. The molecule has 1 N–H and O–H groups in total. The fourth-order valence-electron chi connectivity index (χ4n) is 3.05. The first-order valence-electron chi connectivity index (χ1n) is 7.78. The van der Waals surface area contributed by atoms with Crippen molar-refractivity contribution in [1.29, 1.82) is 0 Å². The molecule has 0 bridgehead atoms. The van der Waals surface area contributed by atoms with E-state index in [1.54, 1.807) is 14.2 Å². The second-order valence-electron chi connectivity index (χ2n) is 5.57. The summed E-state index contributed by atoms with van der Waals surface area (Å²) in [4.78, 5) is 0. The van der Waals surface area contributed by atoms with E-state index in [9.17, 15) is 0 Å². The van der Waals surface area contributed by atoms with Crippen molar-refractivity contribution in [2.75, 3.05) is 27.4 Å². The van der Waals surface area contributed by atoms with Crippen molar-refractivity contribution in [2.24, 2.45) is 5.92 Å². The van der Waals surface area contributed by atoms with E-state index in [0.29, 0.717) is 12.0 Å². The molecule has 0 aromatic heterocycles. The van der Waals surface area contributed by atoms with Crippen molar-refractivity contribution in [3.63, 3.8) is 0 Å². The maximum Gasteiger partial charge on any atom is 0.161 e. The topological polar surface area (TPSA) is 39.7 Å². The Hall–Kier alpha value is -1.26. The van der Waals surface area contributed by atoms with Crippen LogP contribution in [-0.2, 0) is 4.74 Å². The molecule has 21 heavy (non-hydrogen) atoms. The number of nitrogens with one attached hydrogen (secondary N) is 1.